The normalized spacial score (nSPS) is 20.4. The van der Waals surface area contributed by atoms with Crippen LogP contribution < -0.4 is 16.0 Å². The molecule has 0 aromatic carbocycles. The molecule has 1 unspecified atom stereocenters. The van der Waals surface area contributed by atoms with Crippen molar-refractivity contribution in [3.8, 4) is 0 Å². The Kier molecular flexibility index (Phi) is 2.91. The van der Waals surface area contributed by atoms with Gasteiger partial charge >= 0.3 is 0 Å². The van der Waals surface area contributed by atoms with E-state index in [1.807, 2.05) is 11.9 Å². The van der Waals surface area contributed by atoms with Gasteiger partial charge in [0.05, 0.1) is 5.69 Å². The Morgan fingerprint density at radius 3 is 2.88 bits per heavy atom. The van der Waals surface area contributed by atoms with E-state index < -0.39 is 0 Å². The SMILES string of the molecule is CNC1CCN(c2nc(N)nc(C)c2F)C1. The molecule has 0 aliphatic carbocycles. The maximum atomic E-state index is 13.8. The molecule has 1 fully saturated rings. The van der Waals surface area contributed by atoms with Crippen LogP contribution >= 0.6 is 0 Å². The first kappa shape index (κ1) is 11.1. The molecule has 6 heteroatoms. The fourth-order valence-corrected chi connectivity index (χ4v) is 1.96. The summed E-state index contributed by atoms with van der Waals surface area (Å²) in [6.07, 6.45) is 0.985. The molecule has 16 heavy (non-hydrogen) atoms. The van der Waals surface area contributed by atoms with Crippen LogP contribution in [0.3, 0.4) is 0 Å². The molecule has 0 bridgehead atoms. The van der Waals surface area contributed by atoms with E-state index in [4.69, 9.17) is 5.73 Å². The minimum Gasteiger partial charge on any atom is -0.368 e. The monoisotopic (exact) mass is 225 g/mol. The Labute approximate surface area is 93.9 Å². The van der Waals surface area contributed by atoms with Gasteiger partial charge < -0.3 is 16.0 Å². The third-order valence-corrected chi connectivity index (χ3v) is 2.91. The largest absolute Gasteiger partial charge is 0.368 e. The molecule has 0 saturated carbocycles. The number of nitrogen functional groups attached to an aromatic ring is 1. The van der Waals surface area contributed by atoms with Crippen molar-refractivity contribution in [2.24, 2.45) is 0 Å². The molecule has 5 nitrogen and oxygen atoms in total. The average Bonchev–Trinajstić information content (AvgIpc) is 2.71. The molecule has 1 aromatic heterocycles. The molecule has 0 amide bonds. The molecule has 0 radical (unpaired) electrons. The van der Waals surface area contributed by atoms with Gasteiger partial charge in [-0.2, -0.15) is 4.98 Å². The lowest BCUT2D eigenvalue weighted by molar-refractivity contribution is 0.592. The maximum Gasteiger partial charge on any atom is 0.222 e. The van der Waals surface area contributed by atoms with Crippen molar-refractivity contribution in [1.82, 2.24) is 15.3 Å². The highest BCUT2D eigenvalue weighted by Crippen LogP contribution is 2.23. The molecule has 1 aromatic rings. The standard InChI is InChI=1S/C10H16FN5/c1-6-8(11)9(15-10(12)14-6)16-4-3-7(5-16)13-2/h7,13H,3-5H2,1-2H3,(H2,12,14,15). The van der Waals surface area contributed by atoms with Gasteiger partial charge in [-0.05, 0) is 20.4 Å². The van der Waals surface area contributed by atoms with Gasteiger partial charge in [0.15, 0.2) is 11.6 Å². The summed E-state index contributed by atoms with van der Waals surface area (Å²) >= 11 is 0. The number of halogens is 1. The van der Waals surface area contributed by atoms with Crippen molar-refractivity contribution in [3.63, 3.8) is 0 Å². The molecular weight excluding hydrogens is 209 g/mol. The lowest BCUT2D eigenvalue weighted by Crippen LogP contribution is -2.30. The van der Waals surface area contributed by atoms with Crippen molar-refractivity contribution in [2.75, 3.05) is 30.8 Å². The minimum absolute atomic E-state index is 0.127. The molecule has 1 atom stereocenters. The van der Waals surface area contributed by atoms with Crippen LogP contribution in [0, 0.1) is 12.7 Å². The number of hydrogen-bond acceptors (Lipinski definition) is 5. The smallest absolute Gasteiger partial charge is 0.222 e. The Balaban J connectivity index is 2.27. The number of aryl methyl sites for hydroxylation is 1. The molecule has 1 saturated heterocycles. The molecule has 88 valence electrons. The minimum atomic E-state index is -0.369. The highest BCUT2D eigenvalue weighted by atomic mass is 19.1. The number of nitrogens with one attached hydrogen (secondary N) is 1. The van der Waals surface area contributed by atoms with Crippen LogP contribution in [0.2, 0.25) is 0 Å². The van der Waals surface area contributed by atoms with Crippen LogP contribution in [0.25, 0.3) is 0 Å². The number of nitrogens with zero attached hydrogens (tertiary/aromatic N) is 3. The molecule has 2 rings (SSSR count). The fourth-order valence-electron chi connectivity index (χ4n) is 1.96. The predicted octanol–water partition coefficient (Wildman–Crippen LogP) is 0.304. The second-order valence-electron chi connectivity index (χ2n) is 4.03. The van der Waals surface area contributed by atoms with Crippen molar-refractivity contribution in [1.29, 1.82) is 0 Å². The van der Waals surface area contributed by atoms with Crippen LogP contribution in [0.1, 0.15) is 12.1 Å². The maximum absolute atomic E-state index is 13.8. The van der Waals surface area contributed by atoms with E-state index >= 15 is 0 Å². The first-order valence-electron chi connectivity index (χ1n) is 5.33. The third kappa shape index (κ3) is 1.92. The van der Waals surface area contributed by atoms with Gasteiger partial charge in [0, 0.05) is 19.1 Å². The summed E-state index contributed by atoms with van der Waals surface area (Å²) in [6.45, 7) is 3.14. The van der Waals surface area contributed by atoms with Crippen molar-refractivity contribution in [3.05, 3.63) is 11.5 Å². The van der Waals surface area contributed by atoms with E-state index in [0.29, 0.717) is 17.6 Å². The van der Waals surface area contributed by atoms with E-state index in [0.717, 1.165) is 19.5 Å². The van der Waals surface area contributed by atoms with Crippen molar-refractivity contribution >= 4 is 11.8 Å². The fraction of sp³-hybridized carbons (Fsp3) is 0.600. The summed E-state index contributed by atoms with van der Waals surface area (Å²) in [4.78, 5) is 9.67. The van der Waals surface area contributed by atoms with Crippen LogP contribution in [0.5, 0.6) is 0 Å². The van der Waals surface area contributed by atoms with E-state index in [1.165, 1.54) is 0 Å². The summed E-state index contributed by atoms with van der Waals surface area (Å²) < 4.78 is 13.8. The zero-order chi connectivity index (χ0) is 11.7. The number of hydrogen-bond donors (Lipinski definition) is 2. The van der Waals surface area contributed by atoms with Gasteiger partial charge in [0.25, 0.3) is 0 Å². The molecular formula is C10H16FN5. The van der Waals surface area contributed by atoms with E-state index in [9.17, 15) is 4.39 Å². The summed E-state index contributed by atoms with van der Waals surface area (Å²) in [5.41, 5.74) is 5.83. The highest BCUT2D eigenvalue weighted by molar-refractivity contribution is 5.46. The van der Waals surface area contributed by atoms with Gasteiger partial charge in [0.1, 0.15) is 0 Å². The first-order chi connectivity index (χ1) is 7.61. The predicted molar refractivity (Wildman–Crippen MR) is 60.8 cm³/mol. The zero-order valence-electron chi connectivity index (χ0n) is 9.50. The molecule has 1 aliphatic rings. The summed E-state index contributed by atoms with van der Waals surface area (Å²) in [5, 5.41) is 3.17. The van der Waals surface area contributed by atoms with Crippen LogP contribution in [0.4, 0.5) is 16.2 Å². The Hall–Kier alpha value is -1.43. The Morgan fingerprint density at radius 2 is 2.25 bits per heavy atom. The molecule has 0 spiro atoms. The second-order valence-corrected chi connectivity index (χ2v) is 4.03. The van der Waals surface area contributed by atoms with Crippen LogP contribution in [0.15, 0.2) is 0 Å². The van der Waals surface area contributed by atoms with Crippen LogP contribution in [-0.2, 0) is 0 Å². The van der Waals surface area contributed by atoms with Gasteiger partial charge in [-0.25, -0.2) is 9.37 Å². The number of anilines is 2. The van der Waals surface area contributed by atoms with Gasteiger partial charge in [-0.15, -0.1) is 0 Å². The quantitative estimate of drug-likeness (QED) is 0.758. The summed E-state index contributed by atoms with van der Waals surface area (Å²) in [7, 11) is 1.91. The molecule has 2 heterocycles. The van der Waals surface area contributed by atoms with E-state index in [1.54, 1.807) is 6.92 Å². The lowest BCUT2D eigenvalue weighted by Gasteiger charge is -2.18. The second kappa shape index (κ2) is 4.21. The summed E-state index contributed by atoms with van der Waals surface area (Å²) in [6, 6.07) is 0.385. The van der Waals surface area contributed by atoms with Crippen molar-refractivity contribution in [2.45, 2.75) is 19.4 Å². The third-order valence-electron chi connectivity index (χ3n) is 2.91. The first-order valence-corrected chi connectivity index (χ1v) is 5.33. The van der Waals surface area contributed by atoms with Gasteiger partial charge in [-0.3, -0.25) is 0 Å². The van der Waals surface area contributed by atoms with E-state index in [2.05, 4.69) is 15.3 Å². The Bertz CT molecular complexity index is 395. The average molecular weight is 225 g/mol. The number of likely N-dealkylation sites (N-methyl/N-ethyl adjacent to an activating group) is 1. The van der Waals surface area contributed by atoms with Crippen LogP contribution in [-0.4, -0.2) is 36.1 Å². The Morgan fingerprint density at radius 1 is 1.50 bits per heavy atom. The number of aromatic nitrogens is 2. The van der Waals surface area contributed by atoms with Crippen molar-refractivity contribution < 1.29 is 4.39 Å². The number of rotatable bonds is 2. The number of nitrogens with two attached hydrogens (primary N) is 1. The van der Waals surface area contributed by atoms with Gasteiger partial charge in [-0.1, -0.05) is 0 Å². The molecule has 1 aliphatic heterocycles. The summed E-state index contributed by atoms with van der Waals surface area (Å²) in [5.74, 6) is 0.0792. The zero-order valence-corrected chi connectivity index (χ0v) is 9.50. The lowest BCUT2D eigenvalue weighted by atomic mass is 10.3. The highest BCUT2D eigenvalue weighted by Gasteiger charge is 2.25. The van der Waals surface area contributed by atoms with Gasteiger partial charge in [0.2, 0.25) is 5.95 Å². The van der Waals surface area contributed by atoms with E-state index in [-0.39, 0.29) is 11.8 Å². The topological polar surface area (TPSA) is 67.1 Å². The molecule has 3 N–H and O–H groups in total.